The molecular weight excluding hydrogens is 169 g/mol. The molecule has 0 bridgehead atoms. The third-order valence-corrected chi connectivity index (χ3v) is 1.85. The molecule has 0 aliphatic heterocycles. The monoisotopic (exact) mass is 178 g/mol. The van der Waals surface area contributed by atoms with Crippen LogP contribution in [0.25, 0.3) is 10.9 Å². The Balaban J connectivity index is 2.58. The molecule has 0 saturated heterocycles. The molecule has 2 rings (SSSR count). The average Bonchev–Trinajstić information content (AvgIpc) is 2.49. The first kappa shape index (κ1) is 8.10. The minimum Gasteiger partial charge on any atom is -0.414 e. The van der Waals surface area contributed by atoms with E-state index in [0.29, 0.717) is 6.61 Å². The Kier molecular flexibility index (Phi) is 1.93. The van der Waals surface area contributed by atoms with Crippen LogP contribution in [0.1, 0.15) is 0 Å². The van der Waals surface area contributed by atoms with Gasteiger partial charge in [0, 0.05) is 17.6 Å². The van der Waals surface area contributed by atoms with Crippen molar-refractivity contribution in [2.75, 3.05) is 6.61 Å². The molecule has 0 unspecified atom stereocenters. The number of aromatic nitrogens is 1. The molecular formula is C10H9FNO. The van der Waals surface area contributed by atoms with Crippen LogP contribution in [0, 0.1) is 12.7 Å². The van der Waals surface area contributed by atoms with E-state index in [-0.39, 0.29) is 5.82 Å². The Morgan fingerprint density at radius 1 is 1.38 bits per heavy atom. The molecule has 0 fully saturated rings. The maximum atomic E-state index is 12.8. The van der Waals surface area contributed by atoms with Crippen molar-refractivity contribution < 1.29 is 9.23 Å². The zero-order valence-corrected chi connectivity index (χ0v) is 7.03. The van der Waals surface area contributed by atoms with Gasteiger partial charge >= 0.3 is 0 Å². The highest BCUT2D eigenvalue weighted by Gasteiger charge is 2.01. The molecule has 0 atom stereocenters. The Morgan fingerprint density at radius 2 is 2.23 bits per heavy atom. The molecule has 1 aromatic heterocycles. The van der Waals surface area contributed by atoms with E-state index in [1.807, 2.05) is 6.07 Å². The number of nitrogens with zero attached hydrogens (tertiary/aromatic N) is 1. The second-order valence-electron chi connectivity index (χ2n) is 2.68. The normalized spacial score (nSPS) is 10.6. The summed E-state index contributed by atoms with van der Waals surface area (Å²) in [6.45, 7) is 3.87. The molecule has 2 nitrogen and oxygen atoms in total. The fraction of sp³-hybridized carbons (Fsp3) is 0.100. The van der Waals surface area contributed by atoms with Crippen LogP contribution in [0.5, 0.6) is 0 Å². The minimum atomic E-state index is -0.264. The van der Waals surface area contributed by atoms with Gasteiger partial charge in [-0.05, 0) is 25.1 Å². The molecule has 13 heavy (non-hydrogen) atoms. The van der Waals surface area contributed by atoms with Crippen LogP contribution in [0.15, 0.2) is 30.5 Å². The quantitative estimate of drug-likeness (QED) is 0.686. The van der Waals surface area contributed by atoms with Crippen LogP contribution in [0.2, 0.25) is 0 Å². The summed E-state index contributed by atoms with van der Waals surface area (Å²) in [7, 11) is 0. The summed E-state index contributed by atoms with van der Waals surface area (Å²) in [4.78, 5) is 5.15. The van der Waals surface area contributed by atoms with Gasteiger partial charge in [-0.3, -0.25) is 0 Å². The predicted molar refractivity (Wildman–Crippen MR) is 48.7 cm³/mol. The molecule has 1 heterocycles. The van der Waals surface area contributed by atoms with Gasteiger partial charge < -0.3 is 4.84 Å². The van der Waals surface area contributed by atoms with Crippen molar-refractivity contribution in [3.8, 4) is 0 Å². The second-order valence-corrected chi connectivity index (χ2v) is 2.68. The van der Waals surface area contributed by atoms with Gasteiger partial charge in [0.25, 0.3) is 0 Å². The second kappa shape index (κ2) is 3.09. The largest absolute Gasteiger partial charge is 0.414 e. The van der Waals surface area contributed by atoms with E-state index in [1.165, 1.54) is 16.9 Å². The van der Waals surface area contributed by atoms with E-state index in [0.717, 1.165) is 10.9 Å². The summed E-state index contributed by atoms with van der Waals surface area (Å²) in [5.41, 5.74) is 0.726. The Labute approximate surface area is 75.5 Å². The topological polar surface area (TPSA) is 14.2 Å². The molecule has 0 N–H and O–H groups in total. The molecule has 3 heteroatoms. The predicted octanol–water partition coefficient (Wildman–Crippen LogP) is 2.04. The summed E-state index contributed by atoms with van der Waals surface area (Å²) in [5, 5.41) is 0.954. The molecule has 67 valence electrons. The summed E-state index contributed by atoms with van der Waals surface area (Å²) >= 11 is 0. The van der Waals surface area contributed by atoms with Gasteiger partial charge in [-0.1, -0.05) is 0 Å². The summed E-state index contributed by atoms with van der Waals surface area (Å²) < 4.78 is 14.4. The van der Waals surface area contributed by atoms with Crippen LogP contribution in [0.3, 0.4) is 0 Å². The highest BCUT2D eigenvalue weighted by Crippen LogP contribution is 2.15. The molecule has 0 spiro atoms. The maximum Gasteiger partial charge on any atom is 0.125 e. The van der Waals surface area contributed by atoms with E-state index in [2.05, 4.69) is 6.92 Å². The summed E-state index contributed by atoms with van der Waals surface area (Å²) in [6, 6.07) is 6.44. The van der Waals surface area contributed by atoms with Gasteiger partial charge in [0.05, 0.1) is 5.52 Å². The molecule has 0 aliphatic rings. The van der Waals surface area contributed by atoms with Crippen molar-refractivity contribution in [1.29, 1.82) is 0 Å². The first-order valence-corrected chi connectivity index (χ1v) is 4.00. The third kappa shape index (κ3) is 1.37. The lowest BCUT2D eigenvalue weighted by Gasteiger charge is -2.04. The van der Waals surface area contributed by atoms with Gasteiger partial charge in [0.2, 0.25) is 0 Å². The maximum absolute atomic E-state index is 12.8. The summed E-state index contributed by atoms with van der Waals surface area (Å²) in [5.74, 6) is -0.264. The fourth-order valence-corrected chi connectivity index (χ4v) is 1.29. The highest BCUT2D eigenvalue weighted by molar-refractivity contribution is 5.79. The lowest BCUT2D eigenvalue weighted by Crippen LogP contribution is -2.08. The molecule has 0 amide bonds. The zero-order chi connectivity index (χ0) is 9.26. The van der Waals surface area contributed by atoms with Crippen LogP contribution in [-0.4, -0.2) is 11.3 Å². The van der Waals surface area contributed by atoms with Crippen LogP contribution < -0.4 is 4.84 Å². The van der Waals surface area contributed by atoms with Crippen LogP contribution >= 0.6 is 0 Å². The molecule has 1 aromatic carbocycles. The number of fused-ring (bicyclic) bond motifs is 1. The van der Waals surface area contributed by atoms with Crippen molar-refractivity contribution in [3.63, 3.8) is 0 Å². The van der Waals surface area contributed by atoms with E-state index in [1.54, 1.807) is 12.3 Å². The van der Waals surface area contributed by atoms with Gasteiger partial charge in [-0.25, -0.2) is 4.39 Å². The molecule has 0 saturated carbocycles. The molecule has 1 radical (unpaired) electrons. The first-order chi connectivity index (χ1) is 6.31. The van der Waals surface area contributed by atoms with Gasteiger partial charge in [0.15, 0.2) is 0 Å². The Hall–Kier alpha value is -1.51. The van der Waals surface area contributed by atoms with E-state index in [9.17, 15) is 4.39 Å². The van der Waals surface area contributed by atoms with E-state index < -0.39 is 0 Å². The first-order valence-electron chi connectivity index (χ1n) is 4.00. The summed E-state index contributed by atoms with van der Waals surface area (Å²) in [6.07, 6.45) is 1.75. The number of rotatable bonds is 2. The Morgan fingerprint density at radius 3 is 3.00 bits per heavy atom. The average molecular weight is 178 g/mol. The van der Waals surface area contributed by atoms with Crippen LogP contribution in [0.4, 0.5) is 4.39 Å². The molecule has 0 aliphatic carbocycles. The zero-order valence-electron chi connectivity index (χ0n) is 7.03. The minimum absolute atomic E-state index is 0.264. The lowest BCUT2D eigenvalue weighted by molar-refractivity contribution is 0.144. The number of hydrogen-bond donors (Lipinski definition) is 0. The Bertz CT molecular complexity index is 422. The van der Waals surface area contributed by atoms with Gasteiger partial charge in [-0.15, -0.1) is 0 Å². The highest BCUT2D eigenvalue weighted by atomic mass is 19.1. The number of benzene rings is 1. The van der Waals surface area contributed by atoms with Crippen molar-refractivity contribution in [2.24, 2.45) is 0 Å². The fourth-order valence-electron chi connectivity index (χ4n) is 1.29. The van der Waals surface area contributed by atoms with Gasteiger partial charge in [-0.2, -0.15) is 4.73 Å². The van der Waals surface area contributed by atoms with E-state index >= 15 is 0 Å². The van der Waals surface area contributed by atoms with Crippen molar-refractivity contribution in [3.05, 3.63) is 43.2 Å². The number of hydrogen-bond acceptors (Lipinski definition) is 1. The van der Waals surface area contributed by atoms with Gasteiger partial charge in [0.1, 0.15) is 12.4 Å². The van der Waals surface area contributed by atoms with Crippen molar-refractivity contribution in [1.82, 2.24) is 4.73 Å². The SMILES string of the molecule is [CH2]COn1ccc2ccc(F)cc21. The van der Waals surface area contributed by atoms with Crippen molar-refractivity contribution in [2.45, 2.75) is 0 Å². The smallest absolute Gasteiger partial charge is 0.125 e. The third-order valence-electron chi connectivity index (χ3n) is 1.85. The molecule has 2 aromatic rings. The van der Waals surface area contributed by atoms with E-state index in [4.69, 9.17) is 4.84 Å². The van der Waals surface area contributed by atoms with Crippen LogP contribution in [-0.2, 0) is 0 Å². The van der Waals surface area contributed by atoms with Crippen molar-refractivity contribution >= 4 is 10.9 Å². The standard InChI is InChI=1S/C10H9FNO/c1-2-13-12-6-5-8-3-4-9(11)7-10(8)12/h3-7H,1-2H2. The lowest BCUT2D eigenvalue weighted by atomic mass is 10.2. The number of halogens is 1.